The number of methoxy groups -OCH3 is 1. The fourth-order valence-electron chi connectivity index (χ4n) is 5.42. The summed E-state index contributed by atoms with van der Waals surface area (Å²) in [6.45, 7) is 0.961. The number of hydrogen-bond donors (Lipinski definition) is 3. The van der Waals surface area contributed by atoms with Gasteiger partial charge in [-0.05, 0) is 48.4 Å². The number of aromatic nitrogens is 5. The van der Waals surface area contributed by atoms with Crippen LogP contribution in [-0.2, 0) is 22.6 Å². The Morgan fingerprint density at radius 3 is 2.72 bits per heavy atom. The van der Waals surface area contributed by atoms with Gasteiger partial charge in [-0.25, -0.2) is 4.98 Å². The van der Waals surface area contributed by atoms with Crippen molar-refractivity contribution in [2.45, 2.75) is 25.4 Å². The number of carbonyl (C=O) groups excluding carboxylic acids is 3. The van der Waals surface area contributed by atoms with Gasteiger partial charge in [0.05, 0.1) is 20.3 Å². The summed E-state index contributed by atoms with van der Waals surface area (Å²) < 4.78 is 13.6. The third kappa shape index (κ3) is 6.98. The fraction of sp³-hybridized carbons (Fsp3) is 0.273. The maximum absolute atomic E-state index is 13.7. The third-order valence-corrected chi connectivity index (χ3v) is 7.74. The lowest BCUT2D eigenvalue weighted by Crippen LogP contribution is -2.51. The number of benzene rings is 3. The first-order valence-electron chi connectivity index (χ1n) is 15.0. The number of hydrogen-bond acceptors (Lipinski definition) is 8. The van der Waals surface area contributed by atoms with Crippen LogP contribution >= 0.6 is 0 Å². The van der Waals surface area contributed by atoms with Gasteiger partial charge in [0.1, 0.15) is 22.9 Å². The first-order valence-corrected chi connectivity index (χ1v) is 15.0. The summed E-state index contributed by atoms with van der Waals surface area (Å²) in [7, 11) is 1.57. The number of nitrogens with zero attached hydrogens (tertiary/aromatic N) is 5. The van der Waals surface area contributed by atoms with Crippen LogP contribution in [0.2, 0.25) is 0 Å². The molecule has 13 heteroatoms. The Labute approximate surface area is 264 Å². The van der Waals surface area contributed by atoms with Crippen LogP contribution < -0.4 is 20.1 Å². The van der Waals surface area contributed by atoms with Crippen LogP contribution in [0.25, 0.3) is 22.4 Å². The van der Waals surface area contributed by atoms with E-state index in [1.807, 2.05) is 59.3 Å². The van der Waals surface area contributed by atoms with E-state index >= 15 is 0 Å². The number of nitrogens with one attached hydrogen (secondary N) is 3. The maximum Gasteiger partial charge on any atom is 0.254 e. The van der Waals surface area contributed by atoms with Crippen molar-refractivity contribution in [2.24, 2.45) is 0 Å². The minimum atomic E-state index is -0.855. The number of fused-ring (bicyclic) bond motifs is 5. The lowest BCUT2D eigenvalue weighted by molar-refractivity contribution is -0.129. The molecule has 3 amide bonds. The van der Waals surface area contributed by atoms with E-state index in [4.69, 9.17) is 9.47 Å². The standard InChI is InChI=1S/C33H34N8O5/c1-45-28-11-9-23-20-29(28)46-17-5-14-41(33(44)24-8-10-25-26(19-24)38-39-37-25)21-30(42)36-27(18-22-6-3-2-4-7-22)32(43)35-13-16-40-15-12-34-31(23)40/h2-4,6-12,15,19-20,27H,5,13-14,16-18,21H2,1H3,(H,35,43)(H,36,42)(H,37,38,39)/t27-/m0/s1. The van der Waals surface area contributed by atoms with Crippen LogP contribution in [0.3, 0.4) is 0 Å². The molecule has 0 saturated heterocycles. The number of rotatable bonds is 4. The molecule has 0 fully saturated rings. The van der Waals surface area contributed by atoms with Crippen molar-refractivity contribution < 1.29 is 23.9 Å². The zero-order chi connectivity index (χ0) is 31.9. The molecule has 0 saturated carbocycles. The summed E-state index contributed by atoms with van der Waals surface area (Å²) in [4.78, 5) is 46.7. The van der Waals surface area contributed by atoms with E-state index in [9.17, 15) is 14.4 Å². The van der Waals surface area contributed by atoms with E-state index in [2.05, 4.69) is 31.0 Å². The van der Waals surface area contributed by atoms with Crippen molar-refractivity contribution in [1.82, 2.24) is 40.5 Å². The van der Waals surface area contributed by atoms with Crippen LogP contribution in [0.1, 0.15) is 22.3 Å². The Hall–Kier alpha value is -5.72. The van der Waals surface area contributed by atoms with E-state index in [1.54, 1.807) is 31.5 Å². The molecule has 236 valence electrons. The van der Waals surface area contributed by atoms with Crippen molar-refractivity contribution in [2.75, 3.05) is 33.4 Å². The summed E-state index contributed by atoms with van der Waals surface area (Å²) in [5.41, 5.74) is 3.23. The van der Waals surface area contributed by atoms with Gasteiger partial charge in [-0.2, -0.15) is 15.4 Å². The molecule has 46 heavy (non-hydrogen) atoms. The Bertz CT molecular complexity index is 1840. The van der Waals surface area contributed by atoms with Crippen molar-refractivity contribution in [3.8, 4) is 22.9 Å². The molecule has 5 aromatic rings. The van der Waals surface area contributed by atoms with Crippen molar-refractivity contribution in [1.29, 1.82) is 0 Å². The first-order chi connectivity index (χ1) is 22.5. The molecule has 1 aliphatic heterocycles. The van der Waals surface area contributed by atoms with Gasteiger partial charge in [0.25, 0.3) is 5.91 Å². The first kappa shape index (κ1) is 30.3. The molecule has 0 aliphatic carbocycles. The van der Waals surface area contributed by atoms with Crippen molar-refractivity contribution in [3.05, 3.63) is 90.3 Å². The Balaban J connectivity index is 1.29. The monoisotopic (exact) mass is 622 g/mol. The van der Waals surface area contributed by atoms with Gasteiger partial charge >= 0.3 is 0 Å². The zero-order valence-electron chi connectivity index (χ0n) is 25.3. The van der Waals surface area contributed by atoms with Gasteiger partial charge in [-0.3, -0.25) is 14.4 Å². The summed E-state index contributed by atoms with van der Waals surface area (Å²) in [5, 5.41) is 16.5. The second kappa shape index (κ2) is 13.9. The van der Waals surface area contributed by atoms with E-state index in [0.29, 0.717) is 53.4 Å². The quantitative estimate of drug-likeness (QED) is 0.276. The highest BCUT2D eigenvalue weighted by atomic mass is 16.5. The predicted molar refractivity (Wildman–Crippen MR) is 169 cm³/mol. The minimum Gasteiger partial charge on any atom is -0.493 e. The number of ether oxygens (including phenoxy) is 2. The third-order valence-electron chi connectivity index (χ3n) is 7.74. The summed E-state index contributed by atoms with van der Waals surface area (Å²) >= 11 is 0. The highest BCUT2D eigenvalue weighted by Gasteiger charge is 2.25. The molecule has 2 aromatic heterocycles. The molecule has 0 spiro atoms. The topological polar surface area (TPSA) is 156 Å². The van der Waals surface area contributed by atoms with Crippen LogP contribution in [0.15, 0.2) is 79.1 Å². The second-order valence-corrected chi connectivity index (χ2v) is 10.9. The molecule has 0 radical (unpaired) electrons. The summed E-state index contributed by atoms with van der Waals surface area (Å²) in [6.07, 6.45) is 4.25. The smallest absolute Gasteiger partial charge is 0.254 e. The Kier molecular flexibility index (Phi) is 9.18. The molecule has 3 N–H and O–H groups in total. The van der Waals surface area contributed by atoms with Gasteiger partial charge in [-0.1, -0.05) is 30.3 Å². The van der Waals surface area contributed by atoms with Crippen molar-refractivity contribution in [3.63, 3.8) is 0 Å². The maximum atomic E-state index is 13.7. The molecule has 6 rings (SSSR count). The Morgan fingerprint density at radius 1 is 1.02 bits per heavy atom. The summed E-state index contributed by atoms with van der Waals surface area (Å²) in [5.74, 6) is 0.651. The average Bonchev–Trinajstić information content (AvgIpc) is 3.75. The highest BCUT2D eigenvalue weighted by Crippen LogP contribution is 2.32. The van der Waals surface area contributed by atoms with Gasteiger partial charge in [0, 0.05) is 49.6 Å². The molecule has 3 heterocycles. The number of H-pyrrole nitrogens is 1. The van der Waals surface area contributed by atoms with E-state index < -0.39 is 11.9 Å². The van der Waals surface area contributed by atoms with Crippen LogP contribution in [0, 0.1) is 0 Å². The number of carbonyl (C=O) groups is 3. The zero-order valence-corrected chi connectivity index (χ0v) is 25.3. The predicted octanol–water partition coefficient (Wildman–Crippen LogP) is 2.60. The number of imidazole rings is 1. The van der Waals surface area contributed by atoms with E-state index in [0.717, 1.165) is 11.1 Å². The normalized spacial score (nSPS) is 16.4. The Morgan fingerprint density at radius 2 is 1.87 bits per heavy atom. The van der Waals surface area contributed by atoms with Gasteiger partial charge in [-0.15, -0.1) is 0 Å². The molecule has 13 nitrogen and oxygen atoms in total. The molecular weight excluding hydrogens is 588 g/mol. The lowest BCUT2D eigenvalue weighted by Gasteiger charge is -2.25. The van der Waals surface area contributed by atoms with Crippen LogP contribution in [-0.4, -0.2) is 87.0 Å². The molecule has 0 unspecified atom stereocenters. The SMILES string of the molecule is COc1ccc2cc1OCCCN(C(=O)c1ccc3n[nH]nc3c1)CC(=O)N[C@@H](Cc1ccccc1)C(=O)NCCn1ccnc1-2. The fourth-order valence-corrected chi connectivity index (χ4v) is 5.42. The van der Waals surface area contributed by atoms with Crippen molar-refractivity contribution >= 4 is 28.8 Å². The highest BCUT2D eigenvalue weighted by molar-refractivity contribution is 5.99. The van der Waals surface area contributed by atoms with Crippen LogP contribution in [0.4, 0.5) is 0 Å². The van der Waals surface area contributed by atoms with Gasteiger partial charge in [0.2, 0.25) is 11.8 Å². The molecule has 3 aromatic carbocycles. The average molecular weight is 623 g/mol. The van der Waals surface area contributed by atoms with Gasteiger partial charge < -0.3 is 29.6 Å². The molecule has 1 atom stereocenters. The van der Waals surface area contributed by atoms with E-state index in [-0.39, 0.29) is 37.9 Å². The molecule has 2 bridgehead atoms. The minimum absolute atomic E-state index is 0.213. The largest absolute Gasteiger partial charge is 0.493 e. The number of amides is 3. The molecular formula is C33H34N8O5. The lowest BCUT2D eigenvalue weighted by atomic mass is 10.1. The molecule has 1 aliphatic rings. The number of aromatic amines is 1. The van der Waals surface area contributed by atoms with E-state index in [1.165, 1.54) is 4.90 Å². The van der Waals surface area contributed by atoms with Crippen LogP contribution in [0.5, 0.6) is 11.5 Å². The summed E-state index contributed by atoms with van der Waals surface area (Å²) in [6, 6.07) is 19.2. The second-order valence-electron chi connectivity index (χ2n) is 10.9. The van der Waals surface area contributed by atoms with Gasteiger partial charge in [0.15, 0.2) is 11.5 Å².